The van der Waals surface area contributed by atoms with Crippen molar-refractivity contribution in [3.05, 3.63) is 52.4 Å². The maximum atomic E-state index is 12.6. The number of rotatable bonds is 1. The molecule has 0 aliphatic heterocycles. The zero-order chi connectivity index (χ0) is 14.2. The monoisotopic (exact) mass is 271 g/mol. The Balaban J connectivity index is 2.64. The molecule has 19 heavy (non-hydrogen) atoms. The number of benzene rings is 1. The highest BCUT2D eigenvalue weighted by atomic mass is 19.4. The molecular weight excluding hydrogens is 263 g/mol. The Morgan fingerprint density at radius 1 is 1.05 bits per heavy atom. The summed E-state index contributed by atoms with van der Waals surface area (Å²) in [6.07, 6.45) is -4.25. The van der Waals surface area contributed by atoms with Crippen molar-refractivity contribution in [2.75, 3.05) is 0 Å². The molecule has 2 rings (SSSR count). The Morgan fingerprint density at radius 3 is 2.16 bits per heavy atom. The minimum absolute atomic E-state index is 0.0772. The first-order valence-electron chi connectivity index (χ1n) is 5.11. The van der Waals surface area contributed by atoms with Gasteiger partial charge in [-0.3, -0.25) is 9.36 Å². The van der Waals surface area contributed by atoms with E-state index in [2.05, 4.69) is 0 Å². The van der Waals surface area contributed by atoms with E-state index in [-0.39, 0.29) is 11.4 Å². The van der Waals surface area contributed by atoms with Gasteiger partial charge in [-0.15, -0.1) is 0 Å². The lowest BCUT2D eigenvalue weighted by molar-refractivity contribution is -0.139. The maximum absolute atomic E-state index is 12.6. The fourth-order valence-corrected chi connectivity index (χ4v) is 1.56. The molecule has 0 atom stereocenters. The molecule has 7 heteroatoms. The van der Waals surface area contributed by atoms with Crippen molar-refractivity contribution in [2.45, 2.75) is 6.18 Å². The molecule has 1 aromatic heterocycles. The Labute approximate surface area is 105 Å². The molecule has 0 aliphatic rings. The van der Waals surface area contributed by atoms with Crippen molar-refractivity contribution in [3.63, 3.8) is 0 Å². The molecule has 0 spiro atoms. The van der Waals surface area contributed by atoms with Gasteiger partial charge in [0.25, 0.3) is 5.56 Å². The first-order chi connectivity index (χ1) is 8.79. The number of phenols is 1. The van der Waals surface area contributed by atoms with E-state index in [9.17, 15) is 18.0 Å². The zero-order valence-electron chi connectivity index (χ0n) is 9.35. The van der Waals surface area contributed by atoms with Crippen LogP contribution in [0.4, 0.5) is 13.2 Å². The third kappa shape index (κ3) is 2.54. The summed E-state index contributed by atoms with van der Waals surface area (Å²) in [5.41, 5.74) is -1.97. The predicted molar refractivity (Wildman–Crippen MR) is 60.4 cm³/mol. The summed E-state index contributed by atoms with van der Waals surface area (Å²) in [5.74, 6) is -1.20. The number of alkyl halides is 3. The molecule has 100 valence electrons. The molecule has 0 aliphatic carbocycles. The molecule has 4 nitrogen and oxygen atoms in total. The highest BCUT2D eigenvalue weighted by Crippen LogP contribution is 2.34. The van der Waals surface area contributed by atoms with Crippen molar-refractivity contribution in [1.29, 1.82) is 0 Å². The normalized spacial score (nSPS) is 11.5. The number of hydrogen-bond donors (Lipinski definition) is 2. The third-order valence-corrected chi connectivity index (χ3v) is 2.47. The molecule has 0 fully saturated rings. The molecule has 0 saturated carbocycles. The summed E-state index contributed by atoms with van der Waals surface area (Å²) in [6.45, 7) is 0. The Hall–Kier alpha value is -2.44. The Bertz CT molecular complexity index is 659. The molecule has 0 amide bonds. The van der Waals surface area contributed by atoms with E-state index >= 15 is 0 Å². The van der Waals surface area contributed by atoms with Crippen LogP contribution in [0, 0.1) is 0 Å². The fraction of sp³-hybridized carbons (Fsp3) is 0.0833. The fourth-order valence-electron chi connectivity index (χ4n) is 1.56. The van der Waals surface area contributed by atoms with Crippen molar-refractivity contribution in [3.8, 4) is 17.2 Å². The zero-order valence-corrected chi connectivity index (χ0v) is 9.35. The minimum Gasteiger partial charge on any atom is -0.508 e. The maximum Gasteiger partial charge on any atom is 0.421 e. The molecule has 0 bridgehead atoms. The van der Waals surface area contributed by atoms with Gasteiger partial charge in [0.1, 0.15) is 17.1 Å². The molecular formula is C12H8F3NO3. The number of halogens is 3. The van der Waals surface area contributed by atoms with Gasteiger partial charge >= 0.3 is 6.18 Å². The average Bonchev–Trinajstić information content (AvgIpc) is 2.29. The van der Waals surface area contributed by atoms with Crippen LogP contribution in [0.3, 0.4) is 0 Å². The van der Waals surface area contributed by atoms with E-state index in [4.69, 9.17) is 10.2 Å². The second-order valence-corrected chi connectivity index (χ2v) is 3.79. The van der Waals surface area contributed by atoms with Crippen molar-refractivity contribution in [1.82, 2.24) is 4.57 Å². The van der Waals surface area contributed by atoms with Crippen LogP contribution in [-0.4, -0.2) is 14.8 Å². The number of aromatic nitrogens is 1. The van der Waals surface area contributed by atoms with Crippen LogP contribution in [0.5, 0.6) is 11.5 Å². The van der Waals surface area contributed by atoms with Gasteiger partial charge in [-0.25, -0.2) is 0 Å². The van der Waals surface area contributed by atoms with Crippen LogP contribution >= 0.6 is 0 Å². The highest BCUT2D eigenvalue weighted by Gasteiger charge is 2.35. The van der Waals surface area contributed by atoms with Crippen molar-refractivity contribution in [2.24, 2.45) is 0 Å². The van der Waals surface area contributed by atoms with Gasteiger partial charge in [0.15, 0.2) is 0 Å². The summed E-state index contributed by atoms with van der Waals surface area (Å²) < 4.78 is 38.6. The van der Waals surface area contributed by atoms with Gasteiger partial charge in [0.2, 0.25) is 0 Å². The summed E-state index contributed by atoms with van der Waals surface area (Å²) in [4.78, 5) is 11.6. The van der Waals surface area contributed by atoms with Crippen LogP contribution in [-0.2, 0) is 6.18 Å². The Morgan fingerprint density at radius 2 is 1.63 bits per heavy atom. The number of nitrogens with zero attached hydrogens (tertiary/aromatic N) is 1. The van der Waals surface area contributed by atoms with Crippen LogP contribution in [0.25, 0.3) is 5.69 Å². The summed E-state index contributed by atoms with van der Waals surface area (Å²) in [6, 6.07) is 5.54. The lowest BCUT2D eigenvalue weighted by Gasteiger charge is -2.12. The number of hydrogen-bond acceptors (Lipinski definition) is 3. The van der Waals surface area contributed by atoms with Gasteiger partial charge < -0.3 is 10.2 Å². The first-order valence-corrected chi connectivity index (χ1v) is 5.11. The van der Waals surface area contributed by atoms with Crippen molar-refractivity contribution >= 4 is 0 Å². The van der Waals surface area contributed by atoms with Gasteiger partial charge in [-0.2, -0.15) is 13.2 Å². The van der Waals surface area contributed by atoms with E-state index in [1.165, 1.54) is 24.3 Å². The predicted octanol–water partition coefficient (Wildman–Crippen LogP) is 2.27. The smallest absolute Gasteiger partial charge is 0.421 e. The lowest BCUT2D eigenvalue weighted by Crippen LogP contribution is -2.20. The molecule has 2 aromatic rings. The quantitative estimate of drug-likeness (QED) is 0.836. The summed E-state index contributed by atoms with van der Waals surface area (Å²) in [7, 11) is 0. The standard InChI is InChI=1S/C12H8F3NO3/c13-12(14,15)9-6-16(11(19)5-10(9)18)7-1-3-8(17)4-2-7/h1-6,17-18H. The SMILES string of the molecule is O=c1cc(O)c(C(F)(F)F)cn1-c1ccc(O)cc1. The van der Waals surface area contributed by atoms with E-state index in [1.807, 2.05) is 0 Å². The summed E-state index contributed by atoms with van der Waals surface area (Å²) >= 11 is 0. The summed E-state index contributed by atoms with van der Waals surface area (Å²) in [5, 5.41) is 18.3. The van der Waals surface area contributed by atoms with Crippen molar-refractivity contribution < 1.29 is 23.4 Å². The lowest BCUT2D eigenvalue weighted by atomic mass is 10.2. The molecule has 1 heterocycles. The van der Waals surface area contributed by atoms with E-state index < -0.39 is 23.0 Å². The number of aromatic hydroxyl groups is 2. The van der Waals surface area contributed by atoms with Crippen LogP contribution in [0.2, 0.25) is 0 Å². The molecule has 0 radical (unpaired) electrons. The molecule has 0 unspecified atom stereocenters. The van der Waals surface area contributed by atoms with Crippen LogP contribution < -0.4 is 5.56 Å². The third-order valence-electron chi connectivity index (χ3n) is 2.47. The van der Waals surface area contributed by atoms with E-state index in [0.717, 1.165) is 4.57 Å². The van der Waals surface area contributed by atoms with E-state index in [1.54, 1.807) is 0 Å². The molecule has 1 aromatic carbocycles. The number of pyridine rings is 1. The van der Waals surface area contributed by atoms with Gasteiger partial charge in [-0.1, -0.05) is 0 Å². The average molecular weight is 271 g/mol. The Kier molecular flexibility index (Phi) is 2.97. The van der Waals surface area contributed by atoms with Crippen LogP contribution in [0.15, 0.2) is 41.3 Å². The first kappa shape index (κ1) is 13.0. The molecule has 0 saturated heterocycles. The van der Waals surface area contributed by atoms with E-state index in [0.29, 0.717) is 12.3 Å². The second kappa shape index (κ2) is 4.34. The highest BCUT2D eigenvalue weighted by molar-refractivity contribution is 5.40. The largest absolute Gasteiger partial charge is 0.508 e. The van der Waals surface area contributed by atoms with Gasteiger partial charge in [0.05, 0.1) is 0 Å². The second-order valence-electron chi connectivity index (χ2n) is 3.79. The van der Waals surface area contributed by atoms with Crippen LogP contribution in [0.1, 0.15) is 5.56 Å². The number of phenolic OH excluding ortho intramolecular Hbond substituents is 1. The molecule has 2 N–H and O–H groups in total. The minimum atomic E-state index is -4.77. The van der Waals surface area contributed by atoms with Gasteiger partial charge in [0, 0.05) is 18.0 Å². The van der Waals surface area contributed by atoms with Gasteiger partial charge in [-0.05, 0) is 24.3 Å². The topological polar surface area (TPSA) is 62.5 Å².